The summed E-state index contributed by atoms with van der Waals surface area (Å²) in [7, 11) is 0. The van der Waals surface area contributed by atoms with Crippen molar-refractivity contribution in [2.45, 2.75) is 0 Å². The molecule has 11 heavy (non-hydrogen) atoms. The average Bonchev–Trinajstić information content (AvgIpc) is 2.05. The zero-order valence-electron chi connectivity index (χ0n) is 5.95. The smallest absolute Gasteiger partial charge is 0.107 e. The third kappa shape index (κ3) is 1.60. The molecule has 0 spiro atoms. The van der Waals surface area contributed by atoms with Gasteiger partial charge in [-0.1, -0.05) is 18.2 Å². The highest BCUT2D eigenvalue weighted by Gasteiger charge is 1.99. The number of aliphatic imine (C=N–C) groups is 1. The van der Waals surface area contributed by atoms with E-state index >= 15 is 0 Å². The van der Waals surface area contributed by atoms with Crippen molar-refractivity contribution in [1.29, 1.82) is 0 Å². The quantitative estimate of drug-likeness (QED) is 0.700. The van der Waals surface area contributed by atoms with Gasteiger partial charge in [0.1, 0.15) is 6.67 Å². The van der Waals surface area contributed by atoms with Crippen molar-refractivity contribution in [3.8, 4) is 0 Å². The number of rotatable bonds is 0. The Hall–Kier alpha value is -0.830. The molecule has 0 fully saturated rings. The largest absolute Gasteiger partial charge is 0.366 e. The van der Waals surface area contributed by atoms with E-state index in [1.165, 1.54) is 11.3 Å². The van der Waals surface area contributed by atoms with Crippen LogP contribution in [0.25, 0.3) is 0 Å². The highest BCUT2D eigenvalue weighted by molar-refractivity contribution is 8.93. The molecule has 2 rings (SSSR count). The van der Waals surface area contributed by atoms with E-state index in [4.69, 9.17) is 0 Å². The number of nitrogens with one attached hydrogen (secondary N) is 1. The molecule has 2 nitrogen and oxygen atoms in total. The van der Waals surface area contributed by atoms with Gasteiger partial charge in [-0.15, -0.1) is 17.0 Å². The molecule has 0 saturated heterocycles. The molecule has 1 aromatic rings. The predicted molar refractivity (Wildman–Crippen MR) is 52.8 cm³/mol. The third-order valence-electron chi connectivity index (χ3n) is 1.55. The lowest BCUT2D eigenvalue weighted by Crippen LogP contribution is -2.06. The molecule has 1 N–H and O–H groups in total. The molecule has 58 valence electrons. The van der Waals surface area contributed by atoms with E-state index in [1.54, 1.807) is 0 Å². The Morgan fingerprint density at radius 1 is 1.27 bits per heavy atom. The van der Waals surface area contributed by atoms with Gasteiger partial charge in [0.25, 0.3) is 0 Å². The van der Waals surface area contributed by atoms with Gasteiger partial charge in [0.05, 0.1) is 0 Å². The predicted octanol–water partition coefficient (Wildman–Crippen LogP) is 2.07. The van der Waals surface area contributed by atoms with Gasteiger partial charge in [0.15, 0.2) is 0 Å². The Labute approximate surface area is 76.1 Å². The van der Waals surface area contributed by atoms with Crippen molar-refractivity contribution in [2.75, 3.05) is 12.0 Å². The van der Waals surface area contributed by atoms with Crippen LogP contribution in [0.1, 0.15) is 5.56 Å². The van der Waals surface area contributed by atoms with Crippen molar-refractivity contribution in [3.63, 3.8) is 0 Å². The second-order valence-electron chi connectivity index (χ2n) is 2.23. The lowest BCUT2D eigenvalue weighted by atomic mass is 10.2. The molecule has 0 amide bonds. The second kappa shape index (κ2) is 3.53. The Bertz CT molecular complexity index is 271. The minimum atomic E-state index is 0. The van der Waals surface area contributed by atoms with Crippen molar-refractivity contribution in [2.24, 2.45) is 4.99 Å². The van der Waals surface area contributed by atoms with E-state index in [-0.39, 0.29) is 17.0 Å². The second-order valence-corrected chi connectivity index (χ2v) is 2.23. The first kappa shape index (κ1) is 8.27. The van der Waals surface area contributed by atoms with E-state index in [0.717, 1.165) is 0 Å². The van der Waals surface area contributed by atoms with Crippen LogP contribution in [0.5, 0.6) is 0 Å². The number of fused-ring (bicyclic) bond motifs is 1. The van der Waals surface area contributed by atoms with Crippen LogP contribution < -0.4 is 5.32 Å². The SMILES string of the molecule is Br.C1=NCNc2ccccc21. The van der Waals surface area contributed by atoms with Crippen molar-refractivity contribution < 1.29 is 0 Å². The zero-order chi connectivity index (χ0) is 6.81. The molecule has 1 aromatic carbocycles. The fourth-order valence-corrected chi connectivity index (χ4v) is 1.05. The van der Waals surface area contributed by atoms with Gasteiger partial charge in [-0.05, 0) is 6.07 Å². The van der Waals surface area contributed by atoms with E-state index in [1.807, 2.05) is 24.4 Å². The molecule has 0 aromatic heterocycles. The molecule has 0 saturated carbocycles. The number of anilines is 1. The van der Waals surface area contributed by atoms with Gasteiger partial charge < -0.3 is 5.32 Å². The van der Waals surface area contributed by atoms with Crippen LogP contribution >= 0.6 is 17.0 Å². The Morgan fingerprint density at radius 2 is 2.09 bits per heavy atom. The summed E-state index contributed by atoms with van der Waals surface area (Å²) in [6.07, 6.45) is 1.89. The minimum absolute atomic E-state index is 0. The number of nitrogens with zero attached hydrogens (tertiary/aromatic N) is 1. The van der Waals surface area contributed by atoms with Crippen molar-refractivity contribution >= 4 is 28.9 Å². The van der Waals surface area contributed by atoms with Gasteiger partial charge in [0.2, 0.25) is 0 Å². The van der Waals surface area contributed by atoms with Gasteiger partial charge in [-0.3, -0.25) is 4.99 Å². The van der Waals surface area contributed by atoms with Crippen LogP contribution in [0.3, 0.4) is 0 Å². The summed E-state index contributed by atoms with van der Waals surface area (Å²) in [4.78, 5) is 4.08. The molecular weight excluding hydrogens is 204 g/mol. The normalized spacial score (nSPS) is 12.7. The third-order valence-corrected chi connectivity index (χ3v) is 1.55. The topological polar surface area (TPSA) is 24.4 Å². The summed E-state index contributed by atoms with van der Waals surface area (Å²) in [6, 6.07) is 8.13. The maximum Gasteiger partial charge on any atom is 0.107 e. The van der Waals surface area contributed by atoms with E-state index < -0.39 is 0 Å². The van der Waals surface area contributed by atoms with Gasteiger partial charge in [-0.25, -0.2) is 0 Å². The number of para-hydroxylation sites is 1. The van der Waals surface area contributed by atoms with Gasteiger partial charge >= 0.3 is 0 Å². The zero-order valence-corrected chi connectivity index (χ0v) is 7.66. The molecule has 0 bridgehead atoms. The Balaban J connectivity index is 0.000000605. The molecule has 1 heterocycles. The summed E-state index contributed by atoms with van der Waals surface area (Å²) in [5.41, 5.74) is 2.35. The maximum absolute atomic E-state index is 4.08. The number of hydrogen-bond acceptors (Lipinski definition) is 2. The summed E-state index contributed by atoms with van der Waals surface area (Å²) in [6.45, 7) is 0.705. The number of hydrogen-bond donors (Lipinski definition) is 1. The van der Waals surface area contributed by atoms with Crippen LogP contribution in [-0.4, -0.2) is 12.9 Å². The van der Waals surface area contributed by atoms with Crippen LogP contribution in [-0.2, 0) is 0 Å². The van der Waals surface area contributed by atoms with E-state index in [9.17, 15) is 0 Å². The fraction of sp³-hybridized carbons (Fsp3) is 0.125. The molecule has 1 aliphatic rings. The summed E-state index contributed by atoms with van der Waals surface area (Å²) >= 11 is 0. The molecule has 0 atom stereocenters. The molecule has 0 radical (unpaired) electrons. The number of benzene rings is 1. The van der Waals surface area contributed by atoms with Gasteiger partial charge in [-0.2, -0.15) is 0 Å². The van der Waals surface area contributed by atoms with E-state index in [0.29, 0.717) is 6.67 Å². The standard InChI is InChI=1S/C8H8N2.BrH/c1-2-4-8-7(3-1)5-9-6-10-8;/h1-5,10H,6H2;1H. The lowest BCUT2D eigenvalue weighted by Gasteiger charge is -2.10. The molecule has 1 aliphatic heterocycles. The maximum atomic E-state index is 4.08. The average molecular weight is 213 g/mol. The monoisotopic (exact) mass is 212 g/mol. The Morgan fingerprint density at radius 3 is 2.91 bits per heavy atom. The first-order valence-corrected chi connectivity index (χ1v) is 3.29. The van der Waals surface area contributed by atoms with Crippen LogP contribution in [0.15, 0.2) is 29.3 Å². The van der Waals surface area contributed by atoms with Gasteiger partial charge in [0, 0.05) is 17.5 Å². The van der Waals surface area contributed by atoms with E-state index in [2.05, 4.69) is 16.4 Å². The van der Waals surface area contributed by atoms with Crippen LogP contribution in [0.2, 0.25) is 0 Å². The highest BCUT2D eigenvalue weighted by Crippen LogP contribution is 2.14. The first-order valence-electron chi connectivity index (χ1n) is 3.29. The number of halogens is 1. The Kier molecular flexibility index (Phi) is 2.65. The summed E-state index contributed by atoms with van der Waals surface area (Å²) in [5, 5.41) is 3.16. The fourth-order valence-electron chi connectivity index (χ4n) is 1.05. The lowest BCUT2D eigenvalue weighted by molar-refractivity contribution is 1.13. The molecule has 0 unspecified atom stereocenters. The van der Waals surface area contributed by atoms with Crippen molar-refractivity contribution in [1.82, 2.24) is 0 Å². The highest BCUT2D eigenvalue weighted by atomic mass is 79.9. The van der Waals surface area contributed by atoms with Crippen LogP contribution in [0, 0.1) is 0 Å². The minimum Gasteiger partial charge on any atom is -0.366 e. The molecular formula is C8H9BrN2. The first-order chi connectivity index (χ1) is 4.97. The molecule has 0 aliphatic carbocycles. The van der Waals surface area contributed by atoms with Crippen LogP contribution in [0.4, 0.5) is 5.69 Å². The molecule has 3 heteroatoms. The summed E-state index contributed by atoms with van der Waals surface area (Å²) < 4.78 is 0. The van der Waals surface area contributed by atoms with Crippen molar-refractivity contribution in [3.05, 3.63) is 29.8 Å². The summed E-state index contributed by atoms with van der Waals surface area (Å²) in [5.74, 6) is 0.